The maximum atomic E-state index is 12.3. The molecule has 92 valence electrons. The molecule has 1 aliphatic rings. The van der Waals surface area contributed by atoms with E-state index >= 15 is 0 Å². The van der Waals surface area contributed by atoms with Crippen molar-refractivity contribution in [2.45, 2.75) is 19.1 Å². The van der Waals surface area contributed by atoms with Crippen molar-refractivity contribution in [1.82, 2.24) is 5.32 Å². The molecule has 1 heterocycles. The van der Waals surface area contributed by atoms with Gasteiger partial charge in [0.25, 0.3) is 0 Å². The predicted octanol–water partition coefficient (Wildman–Crippen LogP) is 1.64. The van der Waals surface area contributed by atoms with Gasteiger partial charge in [-0.05, 0) is 12.5 Å². The molecule has 0 saturated carbocycles. The third-order valence-electron chi connectivity index (χ3n) is 2.53. The number of halogens is 2. The van der Waals surface area contributed by atoms with Crippen molar-refractivity contribution >= 4 is 5.96 Å². The highest BCUT2D eigenvalue weighted by molar-refractivity contribution is 5.79. The Hall–Kier alpha value is -1.85. The number of guanidine groups is 1. The monoisotopic (exact) mass is 241 g/mol. The molecule has 0 radical (unpaired) electrons. The van der Waals surface area contributed by atoms with Crippen LogP contribution in [0.3, 0.4) is 0 Å². The summed E-state index contributed by atoms with van der Waals surface area (Å²) in [7, 11) is 0. The second kappa shape index (κ2) is 4.99. The van der Waals surface area contributed by atoms with Gasteiger partial charge in [0.15, 0.2) is 5.96 Å². The smallest absolute Gasteiger partial charge is 0.387 e. The number of nitrogens with two attached hydrogens (primary N) is 1. The van der Waals surface area contributed by atoms with Crippen molar-refractivity contribution < 1.29 is 13.5 Å². The van der Waals surface area contributed by atoms with Crippen molar-refractivity contribution in [3.8, 4) is 5.75 Å². The standard InChI is InChI=1S/C11H13F2N3O/c12-10(13)17-9-4-2-1-3-7(9)8-5-6-15-11(14)16-8/h1-4,8,10H,5-6H2,(H3,14,15,16). The summed E-state index contributed by atoms with van der Waals surface area (Å²) in [5.74, 6) is 0.503. The fourth-order valence-corrected chi connectivity index (χ4v) is 1.82. The van der Waals surface area contributed by atoms with Gasteiger partial charge in [0, 0.05) is 12.1 Å². The zero-order valence-electron chi connectivity index (χ0n) is 9.07. The van der Waals surface area contributed by atoms with Crippen molar-refractivity contribution in [3.05, 3.63) is 29.8 Å². The number of ether oxygens (including phenoxy) is 1. The summed E-state index contributed by atoms with van der Waals surface area (Å²) in [5, 5.41) is 2.95. The van der Waals surface area contributed by atoms with E-state index in [2.05, 4.69) is 15.0 Å². The van der Waals surface area contributed by atoms with E-state index in [-0.39, 0.29) is 11.8 Å². The highest BCUT2D eigenvalue weighted by Gasteiger charge is 2.20. The molecule has 1 unspecified atom stereocenters. The third-order valence-corrected chi connectivity index (χ3v) is 2.53. The molecule has 4 nitrogen and oxygen atoms in total. The fraction of sp³-hybridized carbons (Fsp3) is 0.364. The zero-order chi connectivity index (χ0) is 12.3. The normalized spacial score (nSPS) is 19.7. The Morgan fingerprint density at radius 2 is 2.18 bits per heavy atom. The quantitative estimate of drug-likeness (QED) is 0.845. The molecule has 1 aromatic carbocycles. The van der Waals surface area contributed by atoms with E-state index in [0.717, 1.165) is 0 Å². The maximum Gasteiger partial charge on any atom is 0.387 e. The van der Waals surface area contributed by atoms with Gasteiger partial charge in [-0.2, -0.15) is 8.78 Å². The van der Waals surface area contributed by atoms with E-state index in [1.54, 1.807) is 18.2 Å². The van der Waals surface area contributed by atoms with Gasteiger partial charge in [-0.1, -0.05) is 18.2 Å². The van der Waals surface area contributed by atoms with E-state index in [0.29, 0.717) is 24.5 Å². The predicted molar refractivity (Wildman–Crippen MR) is 60.1 cm³/mol. The molecule has 0 aliphatic carbocycles. The lowest BCUT2D eigenvalue weighted by molar-refractivity contribution is -0.0506. The van der Waals surface area contributed by atoms with Crippen LogP contribution in [-0.2, 0) is 0 Å². The minimum absolute atomic E-state index is 0.137. The fourth-order valence-electron chi connectivity index (χ4n) is 1.82. The lowest BCUT2D eigenvalue weighted by Crippen LogP contribution is -2.38. The molecule has 1 aliphatic heterocycles. The van der Waals surface area contributed by atoms with Crippen LogP contribution in [0.4, 0.5) is 8.78 Å². The Balaban J connectivity index is 2.22. The molecule has 0 spiro atoms. The Bertz CT molecular complexity index is 423. The van der Waals surface area contributed by atoms with Gasteiger partial charge >= 0.3 is 6.61 Å². The Morgan fingerprint density at radius 3 is 2.88 bits per heavy atom. The van der Waals surface area contributed by atoms with E-state index in [4.69, 9.17) is 5.73 Å². The van der Waals surface area contributed by atoms with E-state index in [1.165, 1.54) is 6.07 Å². The summed E-state index contributed by atoms with van der Waals surface area (Å²) >= 11 is 0. The summed E-state index contributed by atoms with van der Waals surface area (Å²) < 4.78 is 29.0. The van der Waals surface area contributed by atoms with E-state index in [1.807, 2.05) is 0 Å². The number of aliphatic imine (C=N–C) groups is 1. The van der Waals surface area contributed by atoms with Crippen LogP contribution in [-0.4, -0.2) is 19.1 Å². The third kappa shape index (κ3) is 2.83. The average Bonchev–Trinajstić information content (AvgIpc) is 2.29. The first-order valence-corrected chi connectivity index (χ1v) is 5.27. The van der Waals surface area contributed by atoms with Crippen molar-refractivity contribution in [2.24, 2.45) is 10.7 Å². The van der Waals surface area contributed by atoms with Crippen LogP contribution < -0.4 is 15.8 Å². The second-order valence-electron chi connectivity index (χ2n) is 3.67. The number of nitrogens with one attached hydrogen (secondary N) is 1. The van der Waals surface area contributed by atoms with Gasteiger partial charge in [0.1, 0.15) is 5.75 Å². The summed E-state index contributed by atoms with van der Waals surface area (Å²) in [5.41, 5.74) is 6.24. The van der Waals surface area contributed by atoms with E-state index in [9.17, 15) is 8.78 Å². The molecular formula is C11H13F2N3O. The number of benzene rings is 1. The highest BCUT2D eigenvalue weighted by Crippen LogP contribution is 2.29. The molecule has 0 aromatic heterocycles. The van der Waals surface area contributed by atoms with Crippen LogP contribution in [0.15, 0.2) is 29.3 Å². The summed E-state index contributed by atoms with van der Waals surface area (Å²) in [6, 6.07) is 6.56. The van der Waals surface area contributed by atoms with Crippen molar-refractivity contribution in [3.63, 3.8) is 0 Å². The first kappa shape index (κ1) is 11.6. The second-order valence-corrected chi connectivity index (χ2v) is 3.67. The van der Waals surface area contributed by atoms with Crippen LogP contribution in [0.25, 0.3) is 0 Å². The maximum absolute atomic E-state index is 12.3. The Morgan fingerprint density at radius 1 is 1.41 bits per heavy atom. The van der Waals surface area contributed by atoms with Gasteiger partial charge in [-0.25, -0.2) is 0 Å². The van der Waals surface area contributed by atoms with Gasteiger partial charge in [0.05, 0.1) is 6.04 Å². The molecule has 2 rings (SSSR count). The number of nitrogens with zero attached hydrogens (tertiary/aromatic N) is 1. The molecule has 3 N–H and O–H groups in total. The molecule has 17 heavy (non-hydrogen) atoms. The molecule has 0 fully saturated rings. The largest absolute Gasteiger partial charge is 0.434 e. The minimum atomic E-state index is -2.83. The molecule has 0 amide bonds. The molecule has 6 heteroatoms. The summed E-state index contributed by atoms with van der Waals surface area (Å²) in [6.07, 6.45) is 0.699. The summed E-state index contributed by atoms with van der Waals surface area (Å²) in [4.78, 5) is 3.99. The van der Waals surface area contributed by atoms with Crippen LogP contribution in [0.5, 0.6) is 5.75 Å². The van der Waals surface area contributed by atoms with Crippen LogP contribution in [0.2, 0.25) is 0 Å². The number of para-hydroxylation sites is 1. The van der Waals surface area contributed by atoms with Gasteiger partial charge < -0.3 is 15.8 Å². The molecule has 0 bridgehead atoms. The average molecular weight is 241 g/mol. The SMILES string of the molecule is NC1=NCCC(c2ccccc2OC(F)F)N1. The van der Waals surface area contributed by atoms with E-state index < -0.39 is 6.61 Å². The zero-order valence-corrected chi connectivity index (χ0v) is 9.07. The summed E-state index contributed by atoms with van der Waals surface area (Å²) in [6.45, 7) is -2.25. The number of rotatable bonds is 3. The minimum Gasteiger partial charge on any atom is -0.434 e. The Labute approximate surface area is 97.5 Å². The van der Waals surface area contributed by atoms with Crippen LogP contribution in [0, 0.1) is 0 Å². The van der Waals surface area contributed by atoms with Crippen molar-refractivity contribution in [1.29, 1.82) is 0 Å². The lowest BCUT2D eigenvalue weighted by Gasteiger charge is -2.24. The molecular weight excluding hydrogens is 228 g/mol. The Kier molecular flexibility index (Phi) is 3.41. The topological polar surface area (TPSA) is 59.6 Å². The highest BCUT2D eigenvalue weighted by atomic mass is 19.3. The van der Waals surface area contributed by atoms with Gasteiger partial charge in [0.2, 0.25) is 0 Å². The lowest BCUT2D eigenvalue weighted by atomic mass is 10.0. The first-order valence-electron chi connectivity index (χ1n) is 5.27. The van der Waals surface area contributed by atoms with Gasteiger partial charge in [-0.15, -0.1) is 0 Å². The number of hydrogen-bond donors (Lipinski definition) is 2. The molecule has 1 atom stereocenters. The first-order chi connectivity index (χ1) is 8.16. The van der Waals surface area contributed by atoms with Crippen LogP contribution in [0.1, 0.15) is 18.0 Å². The van der Waals surface area contributed by atoms with Crippen molar-refractivity contribution in [2.75, 3.05) is 6.54 Å². The van der Waals surface area contributed by atoms with Gasteiger partial charge in [-0.3, -0.25) is 4.99 Å². The molecule has 0 saturated heterocycles. The number of hydrogen-bond acceptors (Lipinski definition) is 4. The molecule has 1 aromatic rings. The number of alkyl halides is 2. The van der Waals surface area contributed by atoms with Crippen LogP contribution >= 0.6 is 0 Å².